The Labute approximate surface area is 105 Å². The molecule has 1 amide bonds. The molecule has 0 aromatic heterocycles. The highest BCUT2D eigenvalue weighted by Crippen LogP contribution is 2.40. The van der Waals surface area contributed by atoms with Crippen LogP contribution in [0.3, 0.4) is 0 Å². The van der Waals surface area contributed by atoms with Crippen LogP contribution in [0.1, 0.15) is 46.0 Å². The van der Waals surface area contributed by atoms with Gasteiger partial charge in [0.15, 0.2) is 0 Å². The first-order valence-corrected chi connectivity index (χ1v) is 7.19. The van der Waals surface area contributed by atoms with Crippen molar-refractivity contribution in [3.63, 3.8) is 0 Å². The molecule has 2 saturated heterocycles. The monoisotopic (exact) mass is 238 g/mol. The van der Waals surface area contributed by atoms with Crippen molar-refractivity contribution in [1.82, 2.24) is 9.80 Å². The first-order valence-electron chi connectivity index (χ1n) is 7.19. The summed E-state index contributed by atoms with van der Waals surface area (Å²) >= 11 is 0. The molecule has 0 aliphatic carbocycles. The molecule has 2 aliphatic heterocycles. The number of piperidine rings is 1. The van der Waals surface area contributed by atoms with Gasteiger partial charge in [-0.1, -0.05) is 20.3 Å². The molecule has 0 radical (unpaired) electrons. The summed E-state index contributed by atoms with van der Waals surface area (Å²) in [6, 6.07) is 0. The zero-order valence-electron chi connectivity index (χ0n) is 11.4. The Morgan fingerprint density at radius 3 is 2.53 bits per heavy atom. The van der Waals surface area contributed by atoms with E-state index in [1.54, 1.807) is 0 Å². The smallest absolute Gasteiger partial charge is 0.223 e. The largest absolute Gasteiger partial charge is 0.342 e. The van der Waals surface area contributed by atoms with Gasteiger partial charge in [-0.05, 0) is 44.3 Å². The molecule has 2 aliphatic rings. The molecule has 0 unspecified atom stereocenters. The third-order valence-electron chi connectivity index (χ3n) is 4.55. The van der Waals surface area contributed by atoms with Crippen molar-refractivity contribution in [3.8, 4) is 0 Å². The molecule has 0 aromatic rings. The van der Waals surface area contributed by atoms with E-state index in [1.165, 1.54) is 32.4 Å². The number of nitrogens with zero attached hydrogens (tertiary/aromatic N) is 2. The Morgan fingerprint density at radius 2 is 1.94 bits per heavy atom. The van der Waals surface area contributed by atoms with Crippen LogP contribution in [0, 0.1) is 5.41 Å². The molecule has 0 atom stereocenters. The van der Waals surface area contributed by atoms with E-state index in [9.17, 15) is 4.79 Å². The lowest BCUT2D eigenvalue weighted by Gasteiger charge is -2.38. The van der Waals surface area contributed by atoms with Crippen molar-refractivity contribution in [2.24, 2.45) is 5.41 Å². The standard InChI is InChI=1S/C14H26N2O/c1-3-5-8-16-12-14(11-13(16)17)6-9-15(4-2)10-7-14/h3-12H2,1-2H3. The summed E-state index contributed by atoms with van der Waals surface area (Å²) in [6.07, 6.45) is 5.59. The Hall–Kier alpha value is -0.570. The number of rotatable bonds is 4. The fraction of sp³-hybridized carbons (Fsp3) is 0.929. The average Bonchev–Trinajstić information content (AvgIpc) is 2.64. The third kappa shape index (κ3) is 2.82. The summed E-state index contributed by atoms with van der Waals surface area (Å²) in [5.74, 6) is 0.406. The highest BCUT2D eigenvalue weighted by atomic mass is 16.2. The molecular weight excluding hydrogens is 212 g/mol. The minimum Gasteiger partial charge on any atom is -0.342 e. The van der Waals surface area contributed by atoms with E-state index in [1.807, 2.05) is 0 Å². The van der Waals surface area contributed by atoms with Crippen molar-refractivity contribution in [1.29, 1.82) is 0 Å². The normalized spacial score (nSPS) is 24.8. The van der Waals surface area contributed by atoms with E-state index >= 15 is 0 Å². The lowest BCUT2D eigenvalue weighted by Crippen LogP contribution is -2.41. The molecule has 3 nitrogen and oxygen atoms in total. The number of likely N-dealkylation sites (tertiary alicyclic amines) is 2. The van der Waals surface area contributed by atoms with Gasteiger partial charge >= 0.3 is 0 Å². The third-order valence-corrected chi connectivity index (χ3v) is 4.55. The van der Waals surface area contributed by atoms with Crippen LogP contribution in [0.2, 0.25) is 0 Å². The Kier molecular flexibility index (Phi) is 4.08. The highest BCUT2D eigenvalue weighted by molar-refractivity contribution is 5.79. The van der Waals surface area contributed by atoms with Crippen LogP contribution < -0.4 is 0 Å². The minimum absolute atomic E-state index is 0.330. The van der Waals surface area contributed by atoms with Gasteiger partial charge in [0.05, 0.1) is 0 Å². The van der Waals surface area contributed by atoms with E-state index < -0.39 is 0 Å². The number of hydrogen-bond donors (Lipinski definition) is 0. The highest BCUT2D eigenvalue weighted by Gasteiger charge is 2.44. The van der Waals surface area contributed by atoms with Crippen LogP contribution in [0.25, 0.3) is 0 Å². The van der Waals surface area contributed by atoms with Crippen LogP contribution in [0.4, 0.5) is 0 Å². The predicted molar refractivity (Wildman–Crippen MR) is 69.9 cm³/mol. The van der Waals surface area contributed by atoms with Gasteiger partial charge in [0, 0.05) is 19.5 Å². The lowest BCUT2D eigenvalue weighted by atomic mass is 9.77. The van der Waals surface area contributed by atoms with Crippen molar-refractivity contribution in [2.45, 2.75) is 46.0 Å². The van der Waals surface area contributed by atoms with E-state index in [0.29, 0.717) is 11.3 Å². The summed E-state index contributed by atoms with van der Waals surface area (Å²) in [5.41, 5.74) is 0.330. The average molecular weight is 238 g/mol. The molecule has 17 heavy (non-hydrogen) atoms. The van der Waals surface area contributed by atoms with Gasteiger partial charge in [-0.3, -0.25) is 4.79 Å². The number of amides is 1. The maximum atomic E-state index is 12.0. The number of carbonyl (C=O) groups is 1. The topological polar surface area (TPSA) is 23.6 Å². The molecule has 0 saturated carbocycles. The Bertz CT molecular complexity index is 269. The van der Waals surface area contributed by atoms with Crippen molar-refractivity contribution in [3.05, 3.63) is 0 Å². The molecule has 0 N–H and O–H groups in total. The SMILES string of the molecule is CCCCN1CC2(CCN(CC)CC2)CC1=O. The summed E-state index contributed by atoms with van der Waals surface area (Å²) in [7, 11) is 0. The molecule has 0 bridgehead atoms. The first-order chi connectivity index (χ1) is 8.19. The van der Waals surface area contributed by atoms with Crippen LogP contribution in [-0.4, -0.2) is 48.4 Å². The fourth-order valence-electron chi connectivity index (χ4n) is 3.21. The van der Waals surface area contributed by atoms with Crippen molar-refractivity contribution >= 4 is 5.91 Å². The van der Waals surface area contributed by atoms with E-state index in [4.69, 9.17) is 0 Å². The first kappa shape index (κ1) is 12.9. The van der Waals surface area contributed by atoms with Crippen molar-refractivity contribution in [2.75, 3.05) is 32.7 Å². The predicted octanol–water partition coefficient (Wildman–Crippen LogP) is 2.12. The van der Waals surface area contributed by atoms with Gasteiger partial charge < -0.3 is 9.80 Å². The summed E-state index contributed by atoms with van der Waals surface area (Å²) in [6.45, 7) is 9.96. The van der Waals surface area contributed by atoms with Gasteiger partial charge in [0.1, 0.15) is 0 Å². The Morgan fingerprint density at radius 1 is 1.24 bits per heavy atom. The zero-order chi connectivity index (χ0) is 12.3. The van der Waals surface area contributed by atoms with Crippen LogP contribution in [-0.2, 0) is 4.79 Å². The van der Waals surface area contributed by atoms with Gasteiger partial charge in [0.25, 0.3) is 0 Å². The summed E-state index contributed by atoms with van der Waals surface area (Å²) in [5, 5.41) is 0. The minimum atomic E-state index is 0.330. The molecule has 1 spiro atoms. The number of hydrogen-bond acceptors (Lipinski definition) is 2. The summed E-state index contributed by atoms with van der Waals surface area (Å²) < 4.78 is 0. The Balaban J connectivity index is 1.89. The maximum absolute atomic E-state index is 12.0. The molecule has 0 aromatic carbocycles. The maximum Gasteiger partial charge on any atom is 0.223 e. The van der Waals surface area contributed by atoms with E-state index in [2.05, 4.69) is 23.6 Å². The molecule has 2 rings (SSSR count). The van der Waals surface area contributed by atoms with E-state index in [-0.39, 0.29) is 0 Å². The van der Waals surface area contributed by atoms with Gasteiger partial charge in [-0.25, -0.2) is 0 Å². The number of carbonyl (C=O) groups excluding carboxylic acids is 1. The molecule has 98 valence electrons. The molecular formula is C14H26N2O. The van der Waals surface area contributed by atoms with Crippen LogP contribution in [0.5, 0.6) is 0 Å². The lowest BCUT2D eigenvalue weighted by molar-refractivity contribution is -0.127. The van der Waals surface area contributed by atoms with Gasteiger partial charge in [-0.15, -0.1) is 0 Å². The molecule has 2 fully saturated rings. The second-order valence-electron chi connectivity index (χ2n) is 5.78. The second-order valence-corrected chi connectivity index (χ2v) is 5.78. The fourth-order valence-corrected chi connectivity index (χ4v) is 3.21. The second kappa shape index (κ2) is 5.38. The molecule has 3 heteroatoms. The number of unbranched alkanes of at least 4 members (excludes halogenated alkanes) is 1. The zero-order valence-corrected chi connectivity index (χ0v) is 11.4. The van der Waals surface area contributed by atoms with Gasteiger partial charge in [-0.2, -0.15) is 0 Å². The van der Waals surface area contributed by atoms with E-state index in [0.717, 1.165) is 32.5 Å². The van der Waals surface area contributed by atoms with Crippen molar-refractivity contribution < 1.29 is 4.79 Å². The van der Waals surface area contributed by atoms with Crippen LogP contribution in [0.15, 0.2) is 0 Å². The van der Waals surface area contributed by atoms with Crippen LogP contribution >= 0.6 is 0 Å². The quantitative estimate of drug-likeness (QED) is 0.749. The van der Waals surface area contributed by atoms with Gasteiger partial charge in [0.2, 0.25) is 5.91 Å². The molecule has 2 heterocycles. The summed E-state index contributed by atoms with van der Waals surface area (Å²) in [4.78, 5) is 16.6.